The van der Waals surface area contributed by atoms with Crippen LogP contribution in [0.25, 0.3) is 11.5 Å². The third-order valence-corrected chi connectivity index (χ3v) is 3.74. The molecule has 0 spiro atoms. The molecule has 1 heterocycles. The first-order chi connectivity index (χ1) is 12.2. The maximum absolute atomic E-state index is 12.6. The molecule has 0 atom stereocenters. The van der Waals surface area contributed by atoms with Crippen LogP contribution in [-0.2, 0) is 6.18 Å². The van der Waals surface area contributed by atoms with Gasteiger partial charge in [-0.1, -0.05) is 22.8 Å². The Labute approximate surface area is 146 Å². The van der Waals surface area contributed by atoms with Crippen LogP contribution in [0.15, 0.2) is 46.9 Å². The molecular formula is C18H14F3N3O2. The summed E-state index contributed by atoms with van der Waals surface area (Å²) in [5, 5.41) is 9.96. The zero-order valence-electron chi connectivity index (χ0n) is 13.9. The number of carbonyl (C=O) groups is 1. The Hall–Kier alpha value is -3.16. The first-order valence-electron chi connectivity index (χ1n) is 7.64. The molecule has 0 saturated carbocycles. The van der Waals surface area contributed by atoms with Gasteiger partial charge in [-0.15, -0.1) is 5.10 Å². The highest BCUT2D eigenvalue weighted by Gasteiger charge is 2.30. The summed E-state index contributed by atoms with van der Waals surface area (Å²) in [5.41, 5.74) is 1.73. The number of anilines is 1. The number of aryl methyl sites for hydroxylation is 2. The number of alkyl halides is 3. The van der Waals surface area contributed by atoms with E-state index in [9.17, 15) is 18.0 Å². The topological polar surface area (TPSA) is 68.0 Å². The zero-order chi connectivity index (χ0) is 18.9. The molecule has 3 aromatic rings. The van der Waals surface area contributed by atoms with E-state index in [-0.39, 0.29) is 11.9 Å². The lowest BCUT2D eigenvalue weighted by atomic mass is 10.1. The van der Waals surface area contributed by atoms with Crippen molar-refractivity contribution in [1.82, 2.24) is 10.2 Å². The second-order valence-corrected chi connectivity index (χ2v) is 5.76. The number of hydrogen-bond acceptors (Lipinski definition) is 4. The molecule has 2 aromatic carbocycles. The lowest BCUT2D eigenvalue weighted by molar-refractivity contribution is -0.137. The van der Waals surface area contributed by atoms with Crippen molar-refractivity contribution < 1.29 is 22.4 Å². The fourth-order valence-corrected chi connectivity index (χ4v) is 2.34. The molecule has 26 heavy (non-hydrogen) atoms. The molecule has 3 rings (SSSR count). The molecule has 0 bridgehead atoms. The van der Waals surface area contributed by atoms with Crippen LogP contribution in [-0.4, -0.2) is 16.1 Å². The Morgan fingerprint density at radius 3 is 2.38 bits per heavy atom. The van der Waals surface area contributed by atoms with Gasteiger partial charge in [-0.25, -0.2) is 0 Å². The monoisotopic (exact) mass is 361 g/mol. The maximum atomic E-state index is 12.6. The second-order valence-electron chi connectivity index (χ2n) is 5.76. The van der Waals surface area contributed by atoms with Gasteiger partial charge in [0.1, 0.15) is 0 Å². The van der Waals surface area contributed by atoms with Gasteiger partial charge in [0.2, 0.25) is 5.89 Å². The van der Waals surface area contributed by atoms with Crippen molar-refractivity contribution in [1.29, 1.82) is 0 Å². The van der Waals surface area contributed by atoms with Crippen molar-refractivity contribution in [3.05, 3.63) is 64.7 Å². The number of halogens is 3. The minimum absolute atomic E-state index is 0.00925. The average Bonchev–Trinajstić information content (AvgIpc) is 3.05. The normalized spacial score (nSPS) is 11.4. The number of rotatable bonds is 3. The predicted molar refractivity (Wildman–Crippen MR) is 88.6 cm³/mol. The molecule has 5 nitrogen and oxygen atoms in total. The number of amides is 1. The minimum atomic E-state index is -4.42. The molecule has 1 aromatic heterocycles. The highest BCUT2D eigenvalue weighted by molar-refractivity contribution is 6.04. The maximum Gasteiger partial charge on any atom is 0.416 e. The molecule has 134 valence electrons. The van der Waals surface area contributed by atoms with Crippen LogP contribution in [0.3, 0.4) is 0 Å². The lowest BCUT2D eigenvalue weighted by Crippen LogP contribution is -2.13. The summed E-state index contributed by atoms with van der Waals surface area (Å²) in [6, 6.07) is 9.62. The van der Waals surface area contributed by atoms with Crippen LogP contribution in [0.1, 0.15) is 27.0 Å². The molecule has 0 unspecified atom stereocenters. The third-order valence-electron chi connectivity index (χ3n) is 3.74. The Kier molecular flexibility index (Phi) is 4.50. The standard InChI is InChI=1S/C18H14F3N3O2/c1-10-3-4-11(2)14(9-10)15(25)22-17-24-23-16(26-17)12-5-7-13(8-6-12)18(19,20)21/h3-9H,1-2H3,(H,22,24,25). The fourth-order valence-electron chi connectivity index (χ4n) is 2.34. The predicted octanol–water partition coefficient (Wildman–Crippen LogP) is 4.62. The van der Waals surface area contributed by atoms with Crippen LogP contribution in [0.5, 0.6) is 0 Å². The fraction of sp³-hybridized carbons (Fsp3) is 0.167. The van der Waals surface area contributed by atoms with E-state index in [1.165, 1.54) is 12.1 Å². The zero-order valence-corrected chi connectivity index (χ0v) is 13.9. The molecule has 1 amide bonds. The largest absolute Gasteiger partial charge is 0.416 e. The number of benzene rings is 2. The van der Waals surface area contributed by atoms with Gasteiger partial charge in [0.25, 0.3) is 5.91 Å². The molecule has 0 aliphatic carbocycles. The molecule has 1 N–H and O–H groups in total. The van der Waals surface area contributed by atoms with Crippen LogP contribution in [0, 0.1) is 13.8 Å². The van der Waals surface area contributed by atoms with Gasteiger partial charge in [-0.2, -0.15) is 13.2 Å². The summed E-state index contributed by atoms with van der Waals surface area (Å²) >= 11 is 0. The van der Waals surface area contributed by atoms with Gasteiger partial charge in [0.15, 0.2) is 0 Å². The summed E-state index contributed by atoms with van der Waals surface area (Å²) in [6.07, 6.45) is -4.42. The van der Waals surface area contributed by atoms with Gasteiger partial charge >= 0.3 is 12.2 Å². The number of carbonyl (C=O) groups excluding carboxylic acids is 1. The Bertz CT molecular complexity index is 947. The smallest absolute Gasteiger partial charge is 0.403 e. The first-order valence-corrected chi connectivity index (χ1v) is 7.64. The van der Waals surface area contributed by atoms with E-state index in [0.717, 1.165) is 23.3 Å². The summed E-state index contributed by atoms with van der Waals surface area (Å²) < 4.78 is 43.1. The Morgan fingerprint density at radius 1 is 1.04 bits per heavy atom. The number of hydrogen-bond donors (Lipinski definition) is 1. The van der Waals surface area contributed by atoms with E-state index in [1.807, 2.05) is 19.1 Å². The number of nitrogens with zero attached hydrogens (tertiary/aromatic N) is 2. The molecule has 0 aliphatic heterocycles. The van der Waals surface area contributed by atoms with Crippen molar-refractivity contribution in [3.8, 4) is 11.5 Å². The molecule has 0 aliphatic rings. The Balaban J connectivity index is 1.78. The number of aromatic nitrogens is 2. The average molecular weight is 361 g/mol. The quantitative estimate of drug-likeness (QED) is 0.739. The molecule has 0 radical (unpaired) electrons. The molecule has 0 fully saturated rings. The third kappa shape index (κ3) is 3.74. The minimum Gasteiger partial charge on any atom is -0.403 e. The number of nitrogens with one attached hydrogen (secondary N) is 1. The van der Waals surface area contributed by atoms with E-state index >= 15 is 0 Å². The summed E-state index contributed by atoms with van der Waals surface area (Å²) in [6.45, 7) is 3.67. The van der Waals surface area contributed by atoms with E-state index < -0.39 is 17.6 Å². The van der Waals surface area contributed by atoms with Gasteiger partial charge in [-0.3, -0.25) is 10.1 Å². The lowest BCUT2D eigenvalue weighted by Gasteiger charge is -2.06. The van der Waals surface area contributed by atoms with Crippen LogP contribution in [0.4, 0.5) is 19.2 Å². The van der Waals surface area contributed by atoms with E-state index in [0.29, 0.717) is 11.1 Å². The van der Waals surface area contributed by atoms with Gasteiger partial charge in [0.05, 0.1) is 5.56 Å². The van der Waals surface area contributed by atoms with Crippen molar-refractivity contribution >= 4 is 11.9 Å². The second kappa shape index (κ2) is 6.62. The summed E-state index contributed by atoms with van der Waals surface area (Å²) in [5.74, 6) is -0.399. The molecular weight excluding hydrogens is 347 g/mol. The van der Waals surface area contributed by atoms with Crippen LogP contribution in [0.2, 0.25) is 0 Å². The van der Waals surface area contributed by atoms with E-state index in [2.05, 4.69) is 15.5 Å². The van der Waals surface area contributed by atoms with Gasteiger partial charge in [0, 0.05) is 11.1 Å². The van der Waals surface area contributed by atoms with Crippen molar-refractivity contribution in [3.63, 3.8) is 0 Å². The van der Waals surface area contributed by atoms with Crippen molar-refractivity contribution in [2.45, 2.75) is 20.0 Å². The van der Waals surface area contributed by atoms with Crippen LogP contribution < -0.4 is 5.32 Å². The summed E-state index contributed by atoms with van der Waals surface area (Å²) in [7, 11) is 0. The van der Waals surface area contributed by atoms with Crippen LogP contribution >= 0.6 is 0 Å². The summed E-state index contributed by atoms with van der Waals surface area (Å²) in [4.78, 5) is 12.3. The SMILES string of the molecule is Cc1ccc(C)c(C(=O)Nc2nnc(-c3ccc(C(F)(F)F)cc3)o2)c1. The molecule has 8 heteroatoms. The van der Waals surface area contributed by atoms with Gasteiger partial charge < -0.3 is 4.42 Å². The van der Waals surface area contributed by atoms with Crippen molar-refractivity contribution in [2.75, 3.05) is 5.32 Å². The Morgan fingerprint density at radius 2 is 1.73 bits per heavy atom. The highest BCUT2D eigenvalue weighted by atomic mass is 19.4. The van der Waals surface area contributed by atoms with E-state index in [4.69, 9.17) is 4.42 Å². The first kappa shape index (κ1) is 17.7. The van der Waals surface area contributed by atoms with E-state index in [1.54, 1.807) is 13.0 Å². The van der Waals surface area contributed by atoms with Crippen molar-refractivity contribution in [2.24, 2.45) is 0 Å². The highest BCUT2D eigenvalue weighted by Crippen LogP contribution is 2.31. The molecule has 0 saturated heterocycles. The van der Waals surface area contributed by atoms with Gasteiger partial charge in [-0.05, 0) is 49.7 Å².